The van der Waals surface area contributed by atoms with Gasteiger partial charge in [-0.15, -0.1) is 6.58 Å². The number of carbonyl (C=O) groups is 1. The average molecular weight is 317 g/mol. The molecule has 1 aromatic rings. The largest absolute Gasteiger partial charge is 0.335 e. The molecule has 0 aromatic heterocycles. The number of fused-ring (bicyclic) bond motifs is 2. The highest BCUT2D eigenvalue weighted by Crippen LogP contribution is 2.33. The SMILES string of the molecule is C=CCN1[C@@H]2CCC[C@H]1CC(NC(=O)Nc1cccc(F)c1)C2. The van der Waals surface area contributed by atoms with E-state index < -0.39 is 0 Å². The quantitative estimate of drug-likeness (QED) is 0.835. The minimum Gasteiger partial charge on any atom is -0.335 e. The molecule has 2 aliphatic rings. The van der Waals surface area contributed by atoms with Crippen molar-refractivity contribution >= 4 is 11.7 Å². The van der Waals surface area contributed by atoms with Gasteiger partial charge in [-0.05, 0) is 43.9 Å². The molecule has 5 heteroatoms. The number of rotatable bonds is 4. The summed E-state index contributed by atoms with van der Waals surface area (Å²) in [5.74, 6) is -0.352. The maximum absolute atomic E-state index is 13.2. The standard InChI is InChI=1S/C18H24FN3O/c1-2-9-22-16-7-4-8-17(22)12-15(11-16)21-18(23)20-14-6-3-5-13(19)10-14/h2-3,5-6,10,15-17H,1,4,7-9,11-12H2,(H2,20,21,23)/t15?,16-,17+. The molecule has 2 aliphatic heterocycles. The van der Waals surface area contributed by atoms with E-state index in [1.165, 1.54) is 31.4 Å². The second-order valence-corrected chi connectivity index (χ2v) is 6.50. The lowest BCUT2D eigenvalue weighted by molar-refractivity contribution is 0.0375. The number of benzene rings is 1. The highest BCUT2D eigenvalue weighted by atomic mass is 19.1. The van der Waals surface area contributed by atoms with Crippen molar-refractivity contribution in [3.63, 3.8) is 0 Å². The van der Waals surface area contributed by atoms with Crippen LogP contribution in [-0.4, -0.2) is 35.6 Å². The van der Waals surface area contributed by atoms with Gasteiger partial charge in [0.2, 0.25) is 0 Å². The number of nitrogens with one attached hydrogen (secondary N) is 2. The van der Waals surface area contributed by atoms with Gasteiger partial charge in [-0.2, -0.15) is 0 Å². The summed E-state index contributed by atoms with van der Waals surface area (Å²) in [4.78, 5) is 14.7. The highest BCUT2D eigenvalue weighted by molar-refractivity contribution is 5.89. The molecule has 2 N–H and O–H groups in total. The molecule has 2 bridgehead atoms. The molecule has 23 heavy (non-hydrogen) atoms. The van der Waals surface area contributed by atoms with E-state index in [9.17, 15) is 9.18 Å². The van der Waals surface area contributed by atoms with Crippen molar-refractivity contribution in [3.8, 4) is 0 Å². The third kappa shape index (κ3) is 3.91. The Morgan fingerprint density at radius 2 is 2.09 bits per heavy atom. The van der Waals surface area contributed by atoms with Crippen LogP contribution in [0.5, 0.6) is 0 Å². The Morgan fingerprint density at radius 1 is 1.35 bits per heavy atom. The molecule has 3 rings (SSSR count). The van der Waals surface area contributed by atoms with Crippen LogP contribution in [0.1, 0.15) is 32.1 Å². The third-order valence-corrected chi connectivity index (χ3v) is 4.88. The van der Waals surface area contributed by atoms with Gasteiger partial charge in [-0.3, -0.25) is 4.90 Å². The molecule has 2 saturated heterocycles. The molecular weight excluding hydrogens is 293 g/mol. The molecule has 3 atom stereocenters. The van der Waals surface area contributed by atoms with E-state index in [1.807, 2.05) is 6.08 Å². The molecule has 0 saturated carbocycles. The number of hydrogen-bond donors (Lipinski definition) is 2. The summed E-state index contributed by atoms with van der Waals surface area (Å²) in [5, 5.41) is 5.77. The summed E-state index contributed by atoms with van der Waals surface area (Å²) in [7, 11) is 0. The summed E-state index contributed by atoms with van der Waals surface area (Å²) in [6.45, 7) is 4.78. The number of urea groups is 1. The van der Waals surface area contributed by atoms with Gasteiger partial charge in [0.1, 0.15) is 5.82 Å². The smallest absolute Gasteiger partial charge is 0.319 e. The van der Waals surface area contributed by atoms with Gasteiger partial charge in [-0.25, -0.2) is 9.18 Å². The van der Waals surface area contributed by atoms with E-state index in [0.717, 1.165) is 19.4 Å². The van der Waals surface area contributed by atoms with Crippen LogP contribution in [0.15, 0.2) is 36.9 Å². The number of anilines is 1. The van der Waals surface area contributed by atoms with Gasteiger partial charge in [0.05, 0.1) is 0 Å². The maximum Gasteiger partial charge on any atom is 0.319 e. The van der Waals surface area contributed by atoms with Gasteiger partial charge < -0.3 is 10.6 Å². The van der Waals surface area contributed by atoms with Crippen molar-refractivity contribution in [2.45, 2.75) is 50.2 Å². The molecule has 2 heterocycles. The number of piperidine rings is 2. The normalized spacial score (nSPS) is 27.3. The van der Waals surface area contributed by atoms with Gasteiger partial charge >= 0.3 is 6.03 Å². The van der Waals surface area contributed by atoms with Crippen LogP contribution in [0, 0.1) is 5.82 Å². The number of carbonyl (C=O) groups excluding carboxylic acids is 1. The average Bonchev–Trinajstić information content (AvgIpc) is 2.48. The second-order valence-electron chi connectivity index (χ2n) is 6.50. The lowest BCUT2D eigenvalue weighted by Crippen LogP contribution is -2.57. The highest BCUT2D eigenvalue weighted by Gasteiger charge is 2.37. The van der Waals surface area contributed by atoms with E-state index in [0.29, 0.717) is 17.8 Å². The predicted molar refractivity (Wildman–Crippen MR) is 89.9 cm³/mol. The first kappa shape index (κ1) is 16.0. The second kappa shape index (κ2) is 7.13. The van der Waals surface area contributed by atoms with Crippen molar-refractivity contribution < 1.29 is 9.18 Å². The van der Waals surface area contributed by atoms with Crippen LogP contribution in [-0.2, 0) is 0 Å². The Balaban J connectivity index is 1.56. The minimum atomic E-state index is -0.352. The van der Waals surface area contributed by atoms with Crippen LogP contribution in [0.25, 0.3) is 0 Å². The van der Waals surface area contributed by atoms with Crippen molar-refractivity contribution in [2.75, 3.05) is 11.9 Å². The lowest BCUT2D eigenvalue weighted by Gasteiger charge is -2.48. The first-order chi connectivity index (χ1) is 11.2. The molecule has 2 fully saturated rings. The zero-order valence-electron chi connectivity index (χ0n) is 13.3. The third-order valence-electron chi connectivity index (χ3n) is 4.88. The molecule has 0 radical (unpaired) electrons. The van der Waals surface area contributed by atoms with Crippen molar-refractivity contribution in [2.24, 2.45) is 0 Å². The summed E-state index contributed by atoms with van der Waals surface area (Å²) < 4.78 is 13.2. The number of nitrogens with zero attached hydrogens (tertiary/aromatic N) is 1. The summed E-state index contributed by atoms with van der Waals surface area (Å²) in [5.41, 5.74) is 0.479. The summed E-state index contributed by atoms with van der Waals surface area (Å²) >= 11 is 0. The van der Waals surface area contributed by atoms with Crippen molar-refractivity contribution in [1.29, 1.82) is 0 Å². The molecule has 1 unspecified atom stereocenters. The van der Waals surface area contributed by atoms with Crippen molar-refractivity contribution in [1.82, 2.24) is 10.2 Å². The lowest BCUT2D eigenvalue weighted by atomic mass is 9.82. The summed E-state index contributed by atoms with van der Waals surface area (Å²) in [6, 6.07) is 6.93. The fraction of sp³-hybridized carbons (Fsp3) is 0.500. The van der Waals surface area contributed by atoms with Crippen LogP contribution in [0.2, 0.25) is 0 Å². The zero-order valence-corrected chi connectivity index (χ0v) is 13.3. The first-order valence-electron chi connectivity index (χ1n) is 8.35. The van der Waals surface area contributed by atoms with Gasteiger partial charge in [-0.1, -0.05) is 18.6 Å². The zero-order chi connectivity index (χ0) is 16.2. The molecule has 124 valence electrons. The monoisotopic (exact) mass is 317 g/mol. The Bertz CT molecular complexity index is 563. The van der Waals surface area contributed by atoms with Crippen LogP contribution < -0.4 is 10.6 Å². The molecule has 1 aromatic carbocycles. The Hall–Kier alpha value is -1.88. The van der Waals surface area contributed by atoms with Gasteiger partial charge in [0.25, 0.3) is 0 Å². The Labute approximate surface area is 136 Å². The molecular formula is C18H24FN3O. The first-order valence-corrected chi connectivity index (χ1v) is 8.35. The number of amides is 2. The van der Waals surface area contributed by atoms with Crippen LogP contribution in [0.4, 0.5) is 14.9 Å². The Kier molecular flexibility index (Phi) is 4.96. The molecule has 0 spiro atoms. The maximum atomic E-state index is 13.2. The Morgan fingerprint density at radius 3 is 2.74 bits per heavy atom. The van der Waals surface area contributed by atoms with Gasteiger partial charge in [0, 0.05) is 30.4 Å². The van der Waals surface area contributed by atoms with E-state index in [2.05, 4.69) is 22.1 Å². The van der Waals surface area contributed by atoms with E-state index >= 15 is 0 Å². The number of halogens is 1. The van der Waals surface area contributed by atoms with E-state index in [-0.39, 0.29) is 17.9 Å². The topological polar surface area (TPSA) is 44.4 Å². The molecule has 2 amide bonds. The van der Waals surface area contributed by atoms with Crippen LogP contribution in [0.3, 0.4) is 0 Å². The minimum absolute atomic E-state index is 0.180. The van der Waals surface area contributed by atoms with Gasteiger partial charge in [0.15, 0.2) is 0 Å². The fourth-order valence-electron chi connectivity index (χ4n) is 3.96. The van der Waals surface area contributed by atoms with Crippen LogP contribution >= 0.6 is 0 Å². The van der Waals surface area contributed by atoms with E-state index in [1.54, 1.807) is 12.1 Å². The molecule has 4 nitrogen and oxygen atoms in total. The predicted octanol–water partition coefficient (Wildman–Crippen LogP) is 3.52. The van der Waals surface area contributed by atoms with E-state index in [4.69, 9.17) is 0 Å². The molecule has 0 aliphatic carbocycles. The number of hydrogen-bond acceptors (Lipinski definition) is 2. The summed E-state index contributed by atoms with van der Waals surface area (Å²) in [6.07, 6.45) is 7.56. The van der Waals surface area contributed by atoms with Crippen molar-refractivity contribution in [3.05, 3.63) is 42.7 Å². The fourth-order valence-corrected chi connectivity index (χ4v) is 3.96.